The van der Waals surface area contributed by atoms with Gasteiger partial charge in [-0.1, -0.05) is 12.8 Å². The molecular weight excluding hydrogens is 260 g/mol. The highest BCUT2D eigenvalue weighted by atomic mass is 16.4. The lowest BCUT2D eigenvalue weighted by Gasteiger charge is -2.35. The minimum Gasteiger partial charge on any atom is -0.480 e. The van der Waals surface area contributed by atoms with Gasteiger partial charge in [-0.25, -0.2) is 9.59 Å². The van der Waals surface area contributed by atoms with Crippen molar-refractivity contribution in [3.63, 3.8) is 0 Å². The summed E-state index contributed by atoms with van der Waals surface area (Å²) in [6, 6.07) is -0.785. The van der Waals surface area contributed by atoms with Crippen LogP contribution in [0, 0.1) is 5.92 Å². The molecule has 0 spiro atoms. The van der Waals surface area contributed by atoms with Crippen molar-refractivity contribution in [2.45, 2.75) is 56.7 Å². The predicted octanol–water partition coefficient (Wildman–Crippen LogP) is 0.891. The summed E-state index contributed by atoms with van der Waals surface area (Å²) in [5.74, 6) is -0.433. The summed E-state index contributed by atoms with van der Waals surface area (Å²) >= 11 is 0. The van der Waals surface area contributed by atoms with E-state index in [0.717, 1.165) is 25.8 Å². The van der Waals surface area contributed by atoms with Crippen molar-refractivity contribution in [2.75, 3.05) is 13.1 Å². The first kappa shape index (κ1) is 13.7. The molecular formula is C14H22N2O4. The number of nitrogens with zero attached hydrogens (tertiary/aromatic N) is 2. The number of hydrogen-bond donors (Lipinski definition) is 2. The SMILES string of the molecule is O=C(O)[C@H]1C[C@@H](O)CN1C(=O)N1CCC2CCCCC21. The van der Waals surface area contributed by atoms with E-state index in [4.69, 9.17) is 0 Å². The fourth-order valence-corrected chi connectivity index (χ4v) is 4.07. The van der Waals surface area contributed by atoms with Crippen LogP contribution in [0.1, 0.15) is 38.5 Å². The number of carbonyl (C=O) groups is 2. The molecule has 0 aromatic heterocycles. The average Bonchev–Trinajstić information content (AvgIpc) is 3.01. The summed E-state index contributed by atoms with van der Waals surface area (Å²) in [6.07, 6.45) is 5.06. The second-order valence-corrected chi connectivity index (χ2v) is 6.27. The smallest absolute Gasteiger partial charge is 0.326 e. The number of hydrogen-bond acceptors (Lipinski definition) is 3. The van der Waals surface area contributed by atoms with E-state index < -0.39 is 18.1 Å². The molecule has 0 aromatic rings. The lowest BCUT2D eigenvalue weighted by atomic mass is 9.85. The number of aliphatic carboxylic acids is 1. The molecule has 3 fully saturated rings. The van der Waals surface area contributed by atoms with Crippen LogP contribution in [-0.2, 0) is 4.79 Å². The van der Waals surface area contributed by atoms with Crippen molar-refractivity contribution in [1.82, 2.24) is 9.80 Å². The number of amides is 2. The number of carbonyl (C=O) groups excluding carboxylic acids is 1. The van der Waals surface area contributed by atoms with Crippen LogP contribution in [0.2, 0.25) is 0 Å². The van der Waals surface area contributed by atoms with Crippen molar-refractivity contribution in [2.24, 2.45) is 5.92 Å². The van der Waals surface area contributed by atoms with Gasteiger partial charge < -0.3 is 20.0 Å². The Balaban J connectivity index is 1.73. The third-order valence-electron chi connectivity index (χ3n) is 5.07. The maximum atomic E-state index is 12.6. The normalized spacial score (nSPS) is 37.0. The standard InChI is InChI=1S/C14H22N2O4/c17-10-7-12(13(18)19)16(8-10)14(20)15-6-5-9-3-1-2-4-11(9)15/h9-12,17H,1-8H2,(H,18,19)/t9?,10-,11?,12-/m1/s1. The Labute approximate surface area is 118 Å². The number of carboxylic acids is 1. The summed E-state index contributed by atoms with van der Waals surface area (Å²) in [5, 5.41) is 18.9. The minimum absolute atomic E-state index is 0.142. The number of aliphatic hydroxyl groups excluding tert-OH is 1. The van der Waals surface area contributed by atoms with E-state index in [-0.39, 0.29) is 25.0 Å². The largest absolute Gasteiger partial charge is 0.480 e. The summed E-state index contributed by atoms with van der Waals surface area (Å²) in [4.78, 5) is 27.1. The molecule has 0 radical (unpaired) electrons. The summed E-state index contributed by atoms with van der Waals surface area (Å²) < 4.78 is 0. The van der Waals surface area contributed by atoms with Gasteiger partial charge in [-0.3, -0.25) is 0 Å². The van der Waals surface area contributed by atoms with Gasteiger partial charge in [0.05, 0.1) is 6.10 Å². The Bertz CT molecular complexity index is 414. The van der Waals surface area contributed by atoms with Gasteiger partial charge in [0.1, 0.15) is 6.04 Å². The molecule has 3 aliphatic rings. The topological polar surface area (TPSA) is 81.1 Å². The fraction of sp³-hybridized carbons (Fsp3) is 0.857. The van der Waals surface area contributed by atoms with Gasteiger partial charge in [-0.15, -0.1) is 0 Å². The summed E-state index contributed by atoms with van der Waals surface area (Å²) in [5.41, 5.74) is 0. The molecule has 112 valence electrons. The van der Waals surface area contributed by atoms with E-state index in [1.54, 1.807) is 0 Å². The van der Waals surface area contributed by atoms with Crippen molar-refractivity contribution in [3.8, 4) is 0 Å². The van der Waals surface area contributed by atoms with Crippen molar-refractivity contribution in [3.05, 3.63) is 0 Å². The second kappa shape index (κ2) is 5.24. The Hall–Kier alpha value is -1.30. The molecule has 6 heteroatoms. The molecule has 1 aliphatic carbocycles. The van der Waals surface area contributed by atoms with Gasteiger partial charge in [0.2, 0.25) is 0 Å². The highest BCUT2D eigenvalue weighted by Crippen LogP contribution is 2.37. The molecule has 2 saturated heterocycles. The van der Waals surface area contributed by atoms with Crippen LogP contribution in [0.15, 0.2) is 0 Å². The van der Waals surface area contributed by atoms with Gasteiger partial charge in [-0.05, 0) is 25.2 Å². The fourth-order valence-electron chi connectivity index (χ4n) is 4.07. The van der Waals surface area contributed by atoms with Crippen LogP contribution >= 0.6 is 0 Å². The molecule has 2 unspecified atom stereocenters. The molecule has 0 aromatic carbocycles. The van der Waals surface area contributed by atoms with Crippen LogP contribution in [0.3, 0.4) is 0 Å². The average molecular weight is 282 g/mol. The maximum absolute atomic E-state index is 12.6. The highest BCUT2D eigenvalue weighted by Gasteiger charge is 2.45. The van der Waals surface area contributed by atoms with Gasteiger partial charge in [-0.2, -0.15) is 0 Å². The summed E-state index contributed by atoms with van der Waals surface area (Å²) in [7, 11) is 0. The van der Waals surface area contributed by atoms with E-state index in [1.165, 1.54) is 17.7 Å². The Morgan fingerprint density at radius 1 is 1.05 bits per heavy atom. The molecule has 0 bridgehead atoms. The molecule has 2 heterocycles. The van der Waals surface area contributed by atoms with Crippen LogP contribution in [-0.4, -0.2) is 63.3 Å². The Kier molecular flexibility index (Phi) is 3.58. The van der Waals surface area contributed by atoms with E-state index in [9.17, 15) is 19.8 Å². The molecule has 6 nitrogen and oxygen atoms in total. The number of aliphatic hydroxyl groups is 1. The van der Waals surface area contributed by atoms with E-state index in [1.807, 2.05) is 4.90 Å². The maximum Gasteiger partial charge on any atom is 0.326 e. The molecule has 2 amide bonds. The number of fused-ring (bicyclic) bond motifs is 1. The molecule has 2 N–H and O–H groups in total. The molecule has 20 heavy (non-hydrogen) atoms. The van der Waals surface area contributed by atoms with Crippen molar-refractivity contribution < 1.29 is 19.8 Å². The molecule has 2 aliphatic heterocycles. The first-order chi connectivity index (χ1) is 9.58. The zero-order chi connectivity index (χ0) is 14.3. The Morgan fingerprint density at radius 3 is 2.55 bits per heavy atom. The number of rotatable bonds is 1. The monoisotopic (exact) mass is 282 g/mol. The second-order valence-electron chi connectivity index (χ2n) is 6.27. The molecule has 1 saturated carbocycles. The quantitative estimate of drug-likeness (QED) is 0.748. The van der Waals surface area contributed by atoms with Gasteiger partial charge in [0.15, 0.2) is 0 Å². The predicted molar refractivity (Wildman–Crippen MR) is 71.2 cm³/mol. The summed E-state index contributed by atoms with van der Waals surface area (Å²) in [6.45, 7) is 0.872. The molecule has 3 rings (SSSR count). The number of likely N-dealkylation sites (tertiary alicyclic amines) is 2. The zero-order valence-electron chi connectivity index (χ0n) is 11.6. The van der Waals surface area contributed by atoms with Gasteiger partial charge in [0.25, 0.3) is 0 Å². The van der Waals surface area contributed by atoms with E-state index >= 15 is 0 Å². The third kappa shape index (κ3) is 2.26. The van der Waals surface area contributed by atoms with E-state index in [2.05, 4.69) is 0 Å². The third-order valence-corrected chi connectivity index (χ3v) is 5.07. The van der Waals surface area contributed by atoms with E-state index in [0.29, 0.717) is 5.92 Å². The lowest BCUT2D eigenvalue weighted by Crippen LogP contribution is -2.50. The van der Waals surface area contributed by atoms with Crippen molar-refractivity contribution >= 4 is 12.0 Å². The number of carboxylic acid groups (broad SMARTS) is 1. The zero-order valence-corrected chi connectivity index (χ0v) is 11.6. The first-order valence-corrected chi connectivity index (χ1v) is 7.56. The van der Waals surface area contributed by atoms with Crippen LogP contribution in [0.4, 0.5) is 4.79 Å². The van der Waals surface area contributed by atoms with Crippen molar-refractivity contribution in [1.29, 1.82) is 0 Å². The molecule has 4 atom stereocenters. The van der Waals surface area contributed by atoms with Gasteiger partial charge >= 0.3 is 12.0 Å². The number of urea groups is 1. The van der Waals surface area contributed by atoms with Crippen LogP contribution in [0.5, 0.6) is 0 Å². The Morgan fingerprint density at radius 2 is 1.80 bits per heavy atom. The van der Waals surface area contributed by atoms with Gasteiger partial charge in [0, 0.05) is 25.6 Å². The van der Waals surface area contributed by atoms with Crippen LogP contribution in [0.25, 0.3) is 0 Å². The minimum atomic E-state index is -1.02. The van der Waals surface area contributed by atoms with Crippen LogP contribution < -0.4 is 0 Å². The number of β-amino-alcohol motifs (C(OH)–C–C–N with tert-alkyl or cyclic N) is 1. The lowest BCUT2D eigenvalue weighted by molar-refractivity contribution is -0.141. The highest BCUT2D eigenvalue weighted by molar-refractivity contribution is 5.84. The first-order valence-electron chi connectivity index (χ1n) is 7.56.